The van der Waals surface area contributed by atoms with E-state index in [-0.39, 0.29) is 13.2 Å². The van der Waals surface area contributed by atoms with E-state index in [1.165, 1.54) is 0 Å². The van der Waals surface area contributed by atoms with Crippen LogP contribution in [0.4, 0.5) is 0 Å². The van der Waals surface area contributed by atoms with Crippen LogP contribution in [-0.4, -0.2) is 36.1 Å². The second-order valence-corrected chi connectivity index (χ2v) is 4.96. The van der Waals surface area contributed by atoms with Crippen LogP contribution >= 0.6 is 0 Å². The molecule has 0 aliphatic heterocycles. The summed E-state index contributed by atoms with van der Waals surface area (Å²) in [6, 6.07) is 3.72. The number of aryl methyl sites for hydroxylation is 1. The Morgan fingerprint density at radius 1 is 1.21 bits per heavy atom. The molecule has 0 saturated carbocycles. The van der Waals surface area contributed by atoms with Crippen LogP contribution in [-0.2, 0) is 0 Å². The minimum absolute atomic E-state index is 0.0426. The van der Waals surface area contributed by atoms with E-state index in [1.807, 2.05) is 32.9 Å². The van der Waals surface area contributed by atoms with Gasteiger partial charge in [0.1, 0.15) is 17.1 Å². The van der Waals surface area contributed by atoms with Crippen molar-refractivity contribution in [3.05, 3.63) is 29.3 Å². The van der Waals surface area contributed by atoms with Crippen LogP contribution in [0.15, 0.2) is 18.2 Å². The van der Waals surface area contributed by atoms with Gasteiger partial charge in [-0.15, -0.1) is 0 Å². The van der Waals surface area contributed by atoms with Crippen molar-refractivity contribution < 1.29 is 19.7 Å². The molecule has 0 atom stereocenters. The molecule has 4 nitrogen and oxygen atoms in total. The van der Waals surface area contributed by atoms with E-state index in [2.05, 4.69) is 0 Å². The molecular formula is C15H22O4. The first-order valence-corrected chi connectivity index (χ1v) is 6.19. The molecule has 0 radical (unpaired) electrons. The second kappa shape index (κ2) is 6.59. The molecule has 0 amide bonds. The maximum Gasteiger partial charge on any atom is 0.127 e. The lowest BCUT2D eigenvalue weighted by Crippen LogP contribution is -2.32. The molecule has 4 heteroatoms. The van der Waals surface area contributed by atoms with Crippen molar-refractivity contribution in [2.75, 3.05) is 20.3 Å². The van der Waals surface area contributed by atoms with E-state index >= 15 is 0 Å². The highest BCUT2D eigenvalue weighted by Crippen LogP contribution is 2.31. The molecule has 0 spiro atoms. The van der Waals surface area contributed by atoms with Crippen LogP contribution in [0.1, 0.15) is 25.0 Å². The van der Waals surface area contributed by atoms with Gasteiger partial charge in [0.2, 0.25) is 0 Å². The van der Waals surface area contributed by atoms with E-state index in [4.69, 9.17) is 14.6 Å². The Morgan fingerprint density at radius 2 is 1.89 bits per heavy atom. The first-order valence-electron chi connectivity index (χ1n) is 6.19. The van der Waals surface area contributed by atoms with Gasteiger partial charge in [0.25, 0.3) is 0 Å². The van der Waals surface area contributed by atoms with E-state index in [0.29, 0.717) is 5.75 Å². The largest absolute Gasteiger partial charge is 0.496 e. The molecule has 0 aromatic heterocycles. The summed E-state index contributed by atoms with van der Waals surface area (Å²) in [6.45, 7) is 5.43. The lowest BCUT2D eigenvalue weighted by Gasteiger charge is -2.25. The maximum atomic E-state index is 9.28. The first-order chi connectivity index (χ1) is 8.93. The molecule has 106 valence electrons. The number of rotatable bonds is 6. The summed E-state index contributed by atoms with van der Waals surface area (Å²) < 4.78 is 11.1. The maximum absolute atomic E-state index is 9.28. The minimum atomic E-state index is -0.664. The van der Waals surface area contributed by atoms with Crippen LogP contribution in [0.5, 0.6) is 11.5 Å². The fraction of sp³-hybridized carbons (Fsp3) is 0.467. The number of aliphatic hydroxyl groups excluding tert-OH is 2. The summed E-state index contributed by atoms with van der Waals surface area (Å²) in [6.07, 6.45) is 3.40. The van der Waals surface area contributed by atoms with E-state index in [0.717, 1.165) is 16.9 Å². The summed E-state index contributed by atoms with van der Waals surface area (Å²) in [7, 11) is 1.61. The fourth-order valence-electron chi connectivity index (χ4n) is 1.63. The highest BCUT2D eigenvalue weighted by Gasteiger charge is 2.20. The van der Waals surface area contributed by atoms with Crippen molar-refractivity contribution in [3.63, 3.8) is 0 Å². The van der Waals surface area contributed by atoms with E-state index < -0.39 is 5.60 Å². The van der Waals surface area contributed by atoms with Gasteiger partial charge < -0.3 is 19.7 Å². The van der Waals surface area contributed by atoms with Gasteiger partial charge in [-0.2, -0.15) is 0 Å². The minimum Gasteiger partial charge on any atom is -0.496 e. The van der Waals surface area contributed by atoms with E-state index in [9.17, 15) is 5.11 Å². The van der Waals surface area contributed by atoms with Gasteiger partial charge in [0.05, 0.1) is 20.3 Å². The topological polar surface area (TPSA) is 58.9 Å². The SMILES string of the molecule is COc1cc(/C=C\CO)c(OC(C)(C)CO)cc1C. The summed E-state index contributed by atoms with van der Waals surface area (Å²) in [5.41, 5.74) is 1.09. The Morgan fingerprint density at radius 3 is 2.42 bits per heavy atom. The molecule has 1 aromatic carbocycles. The zero-order valence-electron chi connectivity index (χ0n) is 11.9. The van der Waals surface area contributed by atoms with E-state index in [1.54, 1.807) is 19.3 Å². The van der Waals surface area contributed by atoms with Crippen molar-refractivity contribution in [1.29, 1.82) is 0 Å². The van der Waals surface area contributed by atoms with Crippen molar-refractivity contribution in [3.8, 4) is 11.5 Å². The summed E-state index contributed by atoms with van der Waals surface area (Å²) in [5.74, 6) is 1.41. The Kier molecular flexibility index (Phi) is 5.39. The van der Waals surface area contributed by atoms with Crippen LogP contribution in [0.2, 0.25) is 0 Å². The molecule has 0 aliphatic carbocycles. The predicted molar refractivity (Wildman–Crippen MR) is 75.6 cm³/mol. The zero-order valence-corrected chi connectivity index (χ0v) is 11.9. The number of aliphatic hydroxyl groups is 2. The number of benzene rings is 1. The molecular weight excluding hydrogens is 244 g/mol. The smallest absolute Gasteiger partial charge is 0.127 e. The van der Waals surface area contributed by atoms with Gasteiger partial charge in [-0.05, 0) is 38.5 Å². The number of hydrogen-bond donors (Lipinski definition) is 2. The van der Waals surface area contributed by atoms with Gasteiger partial charge in [-0.25, -0.2) is 0 Å². The zero-order chi connectivity index (χ0) is 14.5. The third kappa shape index (κ3) is 4.26. The predicted octanol–water partition coefficient (Wildman–Crippen LogP) is 2.16. The van der Waals surface area contributed by atoms with Crippen LogP contribution in [0.25, 0.3) is 6.08 Å². The summed E-state index contributed by atoms with van der Waals surface area (Å²) >= 11 is 0. The number of ether oxygens (including phenoxy) is 2. The molecule has 1 rings (SSSR count). The Labute approximate surface area is 114 Å². The molecule has 0 fully saturated rings. The molecule has 1 aromatic rings. The van der Waals surface area contributed by atoms with Gasteiger partial charge >= 0.3 is 0 Å². The molecule has 0 heterocycles. The van der Waals surface area contributed by atoms with Crippen molar-refractivity contribution >= 4 is 6.08 Å². The fourth-order valence-corrected chi connectivity index (χ4v) is 1.63. The Bertz CT molecular complexity index is 450. The summed E-state index contributed by atoms with van der Waals surface area (Å²) in [4.78, 5) is 0. The van der Waals surface area contributed by atoms with Crippen LogP contribution < -0.4 is 9.47 Å². The van der Waals surface area contributed by atoms with Crippen molar-refractivity contribution in [2.24, 2.45) is 0 Å². The molecule has 0 saturated heterocycles. The molecule has 0 unspecified atom stereocenters. The monoisotopic (exact) mass is 266 g/mol. The van der Waals surface area contributed by atoms with Gasteiger partial charge in [0, 0.05) is 5.56 Å². The molecule has 19 heavy (non-hydrogen) atoms. The number of methoxy groups -OCH3 is 1. The Hall–Kier alpha value is -1.52. The second-order valence-electron chi connectivity index (χ2n) is 4.96. The average molecular weight is 266 g/mol. The standard InChI is InChI=1S/C15H22O4/c1-11-8-14(19-15(2,3)10-17)12(6-5-7-16)9-13(11)18-4/h5-6,8-9,16-17H,7,10H2,1-4H3/b6-5-. The van der Waals surface area contributed by atoms with Gasteiger partial charge in [0.15, 0.2) is 0 Å². The third-order valence-corrected chi connectivity index (χ3v) is 2.70. The van der Waals surface area contributed by atoms with Gasteiger partial charge in [-0.3, -0.25) is 0 Å². The molecule has 0 aliphatic rings. The van der Waals surface area contributed by atoms with Crippen LogP contribution in [0, 0.1) is 6.92 Å². The van der Waals surface area contributed by atoms with Crippen LogP contribution in [0.3, 0.4) is 0 Å². The lowest BCUT2D eigenvalue weighted by molar-refractivity contribution is 0.0410. The normalized spacial score (nSPS) is 11.9. The average Bonchev–Trinajstić information content (AvgIpc) is 2.37. The van der Waals surface area contributed by atoms with Crippen molar-refractivity contribution in [1.82, 2.24) is 0 Å². The molecule has 2 N–H and O–H groups in total. The highest BCUT2D eigenvalue weighted by molar-refractivity contribution is 5.61. The molecule has 0 bridgehead atoms. The first kappa shape index (κ1) is 15.5. The van der Waals surface area contributed by atoms with Gasteiger partial charge in [-0.1, -0.05) is 12.2 Å². The quantitative estimate of drug-likeness (QED) is 0.828. The Balaban J connectivity index is 3.20. The third-order valence-electron chi connectivity index (χ3n) is 2.70. The number of hydrogen-bond acceptors (Lipinski definition) is 4. The highest BCUT2D eigenvalue weighted by atomic mass is 16.5. The lowest BCUT2D eigenvalue weighted by atomic mass is 10.1. The summed E-state index contributed by atoms with van der Waals surface area (Å²) in [5, 5.41) is 18.2. The van der Waals surface area contributed by atoms with Crippen molar-refractivity contribution in [2.45, 2.75) is 26.4 Å².